The number of hydrogen-bond acceptors (Lipinski definition) is 6. The summed E-state index contributed by atoms with van der Waals surface area (Å²) >= 11 is 0. The van der Waals surface area contributed by atoms with E-state index in [0.29, 0.717) is 11.4 Å². The average molecular weight is 224 g/mol. The minimum atomic E-state index is -1.30. The number of carboxylic acid groups (broad SMARTS) is 1. The van der Waals surface area contributed by atoms with Crippen LogP contribution in [-0.4, -0.2) is 25.9 Å². The second-order valence-electron chi connectivity index (χ2n) is 2.71. The monoisotopic (exact) mass is 224 g/mol. The van der Waals surface area contributed by atoms with Gasteiger partial charge in [-0.05, 0) is 0 Å². The Morgan fingerprint density at radius 3 is 2.12 bits per heavy atom. The maximum absolute atomic E-state index is 10.4. The summed E-state index contributed by atoms with van der Waals surface area (Å²) in [6.45, 7) is 0. The van der Waals surface area contributed by atoms with E-state index in [1.54, 1.807) is 12.4 Å². The number of aromatic carboxylic acids is 1. The van der Waals surface area contributed by atoms with E-state index in [1.165, 1.54) is 18.7 Å². The minimum Gasteiger partial charge on any atom is -0.545 e. The van der Waals surface area contributed by atoms with Crippen molar-refractivity contribution in [2.24, 2.45) is 0 Å². The normalized spacial score (nSPS) is 9.25. The van der Waals surface area contributed by atoms with Gasteiger partial charge < -0.3 is 9.90 Å². The van der Waals surface area contributed by atoms with Crippen molar-refractivity contribution in [2.75, 3.05) is 0 Å². The van der Waals surface area contributed by atoms with E-state index in [-0.39, 0.29) is 35.1 Å². The molecule has 0 aliphatic rings. The Bertz CT molecular complexity index is 475. The fourth-order valence-corrected chi connectivity index (χ4v) is 0.997. The van der Waals surface area contributed by atoms with Crippen molar-refractivity contribution >= 4 is 5.97 Å². The molecule has 74 valence electrons. The SMILES string of the molecule is O=C([O-])c1cnc(-c2cncnc2)nc1.[Na+]. The smallest absolute Gasteiger partial charge is 0.545 e. The Labute approximate surface area is 113 Å². The first-order valence-electron chi connectivity index (χ1n) is 4.06. The standard InChI is InChI=1S/C9H6N4O2.Na/c14-9(15)7-3-12-8(13-4-7)6-1-10-5-11-2-6;/h1-5H,(H,14,15);/q;+1/p-1. The molecule has 0 amide bonds. The number of aromatic nitrogens is 4. The molecule has 0 bridgehead atoms. The van der Waals surface area contributed by atoms with Gasteiger partial charge in [-0.2, -0.15) is 0 Å². The number of hydrogen-bond donors (Lipinski definition) is 0. The zero-order valence-electron chi connectivity index (χ0n) is 8.49. The van der Waals surface area contributed by atoms with Crippen LogP contribution in [0.4, 0.5) is 0 Å². The largest absolute Gasteiger partial charge is 1.00 e. The van der Waals surface area contributed by atoms with E-state index in [2.05, 4.69) is 19.9 Å². The molecule has 2 heterocycles. The maximum Gasteiger partial charge on any atom is 1.00 e. The summed E-state index contributed by atoms with van der Waals surface area (Å²) in [7, 11) is 0. The molecule has 0 atom stereocenters. The molecule has 0 spiro atoms. The second kappa shape index (κ2) is 5.64. The quantitative estimate of drug-likeness (QED) is 0.487. The second-order valence-corrected chi connectivity index (χ2v) is 2.71. The number of nitrogens with zero attached hydrogens (tertiary/aromatic N) is 4. The van der Waals surface area contributed by atoms with Gasteiger partial charge in [-0.1, -0.05) is 0 Å². The van der Waals surface area contributed by atoms with Gasteiger partial charge in [0.1, 0.15) is 6.33 Å². The molecule has 0 radical (unpaired) electrons. The van der Waals surface area contributed by atoms with E-state index < -0.39 is 5.97 Å². The van der Waals surface area contributed by atoms with Gasteiger partial charge in [-0.15, -0.1) is 0 Å². The van der Waals surface area contributed by atoms with Crippen LogP contribution < -0.4 is 34.7 Å². The number of rotatable bonds is 2. The zero-order chi connectivity index (χ0) is 10.7. The maximum atomic E-state index is 10.4. The summed E-state index contributed by atoms with van der Waals surface area (Å²) in [6, 6.07) is 0. The molecule has 7 heteroatoms. The molecule has 16 heavy (non-hydrogen) atoms. The third-order valence-corrected chi connectivity index (χ3v) is 1.71. The molecule has 6 nitrogen and oxygen atoms in total. The molecule has 0 aliphatic carbocycles. The molecule has 0 aromatic carbocycles. The number of carbonyl (C=O) groups excluding carboxylic acids is 1. The predicted molar refractivity (Wildman–Crippen MR) is 47.4 cm³/mol. The van der Waals surface area contributed by atoms with Gasteiger partial charge in [0.05, 0.1) is 11.5 Å². The Morgan fingerprint density at radius 1 is 1.06 bits per heavy atom. The molecule has 0 fully saturated rings. The minimum absolute atomic E-state index is 0. The average Bonchev–Trinajstić information content (AvgIpc) is 2.30. The van der Waals surface area contributed by atoms with E-state index in [9.17, 15) is 9.90 Å². The topological polar surface area (TPSA) is 91.7 Å². The summed E-state index contributed by atoms with van der Waals surface area (Å²) in [6.07, 6.45) is 6.84. The van der Waals surface area contributed by atoms with Crippen molar-refractivity contribution in [3.05, 3.63) is 36.7 Å². The van der Waals surface area contributed by atoms with E-state index in [4.69, 9.17) is 0 Å². The summed E-state index contributed by atoms with van der Waals surface area (Å²) in [5.74, 6) is -0.925. The molecule has 0 saturated carbocycles. The van der Waals surface area contributed by atoms with Gasteiger partial charge in [-0.3, -0.25) is 0 Å². The van der Waals surface area contributed by atoms with Gasteiger partial charge in [0, 0.05) is 30.4 Å². The van der Waals surface area contributed by atoms with Crippen LogP contribution in [0.1, 0.15) is 10.4 Å². The molecule has 2 aromatic rings. The van der Waals surface area contributed by atoms with E-state index in [0.717, 1.165) is 0 Å². The van der Waals surface area contributed by atoms with Crippen molar-refractivity contribution in [3.8, 4) is 11.4 Å². The van der Waals surface area contributed by atoms with E-state index >= 15 is 0 Å². The molecule has 0 aliphatic heterocycles. The molecular formula is C9H5N4NaO2. The first-order valence-corrected chi connectivity index (χ1v) is 4.06. The predicted octanol–water partition coefficient (Wildman–Crippen LogP) is -3.70. The summed E-state index contributed by atoms with van der Waals surface area (Å²) in [5, 5.41) is 10.4. The molecule has 2 aromatic heterocycles. The Balaban J connectivity index is 0.00000128. The molecule has 0 N–H and O–H groups in total. The first kappa shape index (κ1) is 12.7. The Hall–Kier alpha value is -1.37. The van der Waals surface area contributed by atoms with Gasteiger partial charge in [0.25, 0.3) is 0 Å². The third kappa shape index (κ3) is 2.82. The van der Waals surface area contributed by atoms with Crippen LogP contribution in [0.15, 0.2) is 31.1 Å². The van der Waals surface area contributed by atoms with Gasteiger partial charge in [0.15, 0.2) is 5.82 Å². The van der Waals surface area contributed by atoms with Crippen LogP contribution in [0, 0.1) is 0 Å². The number of carboxylic acids is 1. The van der Waals surface area contributed by atoms with Crippen LogP contribution in [0.25, 0.3) is 11.4 Å². The van der Waals surface area contributed by atoms with Crippen LogP contribution >= 0.6 is 0 Å². The molecular weight excluding hydrogens is 219 g/mol. The van der Waals surface area contributed by atoms with Gasteiger partial charge in [-0.25, -0.2) is 19.9 Å². The number of carbonyl (C=O) groups is 1. The summed E-state index contributed by atoms with van der Waals surface area (Å²) in [5.41, 5.74) is 0.568. The summed E-state index contributed by atoms with van der Waals surface area (Å²) in [4.78, 5) is 25.7. The fraction of sp³-hybridized carbons (Fsp3) is 0. The Kier molecular flexibility index (Phi) is 4.48. The van der Waals surface area contributed by atoms with Crippen molar-refractivity contribution < 1.29 is 39.5 Å². The zero-order valence-corrected chi connectivity index (χ0v) is 10.5. The van der Waals surface area contributed by atoms with Crippen LogP contribution in [-0.2, 0) is 0 Å². The van der Waals surface area contributed by atoms with Crippen LogP contribution in [0.3, 0.4) is 0 Å². The molecule has 0 unspecified atom stereocenters. The fourth-order valence-electron chi connectivity index (χ4n) is 0.997. The molecule has 2 rings (SSSR count). The van der Waals surface area contributed by atoms with Crippen molar-refractivity contribution in [1.29, 1.82) is 0 Å². The summed E-state index contributed by atoms with van der Waals surface area (Å²) < 4.78 is 0. The van der Waals surface area contributed by atoms with Gasteiger partial charge >= 0.3 is 29.6 Å². The van der Waals surface area contributed by atoms with Crippen molar-refractivity contribution in [3.63, 3.8) is 0 Å². The van der Waals surface area contributed by atoms with Gasteiger partial charge in [0.2, 0.25) is 0 Å². The van der Waals surface area contributed by atoms with Crippen molar-refractivity contribution in [1.82, 2.24) is 19.9 Å². The molecule has 0 saturated heterocycles. The first-order chi connectivity index (χ1) is 7.27. The van der Waals surface area contributed by atoms with Crippen LogP contribution in [0.5, 0.6) is 0 Å². The Morgan fingerprint density at radius 2 is 1.62 bits per heavy atom. The van der Waals surface area contributed by atoms with Crippen LogP contribution in [0.2, 0.25) is 0 Å². The third-order valence-electron chi connectivity index (χ3n) is 1.71. The van der Waals surface area contributed by atoms with Crippen molar-refractivity contribution in [2.45, 2.75) is 0 Å². The van der Waals surface area contributed by atoms with E-state index in [1.807, 2.05) is 0 Å².